The number of nitrogens with zero attached hydrogens (tertiary/aromatic N) is 7. The fourth-order valence-electron chi connectivity index (χ4n) is 12.3. The Kier molecular flexibility index (Phi) is 12.5. The van der Waals surface area contributed by atoms with Gasteiger partial charge in [-0.2, -0.15) is 15.1 Å². The first-order valence-electron chi connectivity index (χ1n) is 24.2. The maximum Gasteiger partial charge on any atom is 0.410 e. The van der Waals surface area contributed by atoms with Gasteiger partial charge in [0, 0.05) is 62.7 Å². The number of hydrogen-bond acceptors (Lipinski definition) is 10. The minimum Gasteiger partial charge on any atom is -0.468 e. The van der Waals surface area contributed by atoms with Crippen molar-refractivity contribution < 1.29 is 32.5 Å². The van der Waals surface area contributed by atoms with Crippen molar-refractivity contribution in [2.75, 3.05) is 51.6 Å². The van der Waals surface area contributed by atoms with Crippen molar-refractivity contribution in [1.29, 1.82) is 0 Å². The maximum atomic E-state index is 16.7. The number of ether oxygens (including phenoxy) is 4. The average molecular weight is 936 g/mol. The van der Waals surface area contributed by atoms with E-state index in [0.717, 1.165) is 48.4 Å². The average Bonchev–Trinajstić information content (AvgIpc) is 3.99. The number of aromatic nitrogens is 4. The Morgan fingerprint density at radius 1 is 0.955 bits per heavy atom. The van der Waals surface area contributed by atoms with Crippen molar-refractivity contribution in [2.45, 2.75) is 140 Å². The molecule has 358 valence electrons. The number of anilines is 1. The van der Waals surface area contributed by atoms with Gasteiger partial charge in [0.25, 0.3) is 0 Å². The minimum atomic E-state index is -2.28. The molecule has 4 atom stereocenters. The summed E-state index contributed by atoms with van der Waals surface area (Å²) in [6.07, 6.45) is 4.70. The highest BCUT2D eigenvalue weighted by Crippen LogP contribution is 2.46. The molecule has 4 fully saturated rings. The Morgan fingerprint density at radius 3 is 2.34 bits per heavy atom. The van der Waals surface area contributed by atoms with Gasteiger partial charge in [0.05, 0.1) is 34.1 Å². The van der Waals surface area contributed by atoms with E-state index in [1.807, 2.05) is 57.1 Å². The van der Waals surface area contributed by atoms with E-state index in [2.05, 4.69) is 62.8 Å². The molecule has 67 heavy (non-hydrogen) atoms. The Morgan fingerprint density at radius 2 is 1.67 bits per heavy atom. The predicted molar refractivity (Wildman–Crippen MR) is 263 cm³/mol. The van der Waals surface area contributed by atoms with Gasteiger partial charge in [-0.05, 0) is 105 Å². The summed E-state index contributed by atoms with van der Waals surface area (Å²) in [6, 6.07) is 9.14. The predicted octanol–water partition coefficient (Wildman–Crippen LogP) is 10.6. The van der Waals surface area contributed by atoms with Crippen molar-refractivity contribution in [1.82, 2.24) is 29.5 Å². The van der Waals surface area contributed by atoms with Crippen molar-refractivity contribution in [2.24, 2.45) is 7.05 Å². The molecule has 2 bridgehead atoms. The van der Waals surface area contributed by atoms with E-state index in [1.165, 1.54) is 6.07 Å². The van der Waals surface area contributed by atoms with Crippen LogP contribution in [0.25, 0.3) is 43.7 Å². The van der Waals surface area contributed by atoms with Crippen LogP contribution in [0.1, 0.15) is 100.0 Å². The second-order valence-corrected chi connectivity index (χ2v) is 27.0. The number of fused-ring (bicyclic) bond motifs is 7. The van der Waals surface area contributed by atoms with Crippen molar-refractivity contribution >= 4 is 52.6 Å². The lowest BCUT2D eigenvalue weighted by atomic mass is 9.92. The summed E-state index contributed by atoms with van der Waals surface area (Å²) in [7, 11) is 1.18. The van der Waals surface area contributed by atoms with Crippen LogP contribution in [0.2, 0.25) is 16.6 Å². The molecule has 6 heterocycles. The first-order valence-corrected chi connectivity index (χ1v) is 26.4. The van der Waals surface area contributed by atoms with Gasteiger partial charge < -0.3 is 23.8 Å². The summed E-state index contributed by atoms with van der Waals surface area (Å²) < 4.78 is 57.5. The van der Waals surface area contributed by atoms with E-state index in [4.69, 9.17) is 34.0 Å². The SMILES string of the molecule is COCOc1cc(-c2cc3nc(OC[C@@]45CCCN4C[C@H](F)C5)nc(N4C[C@H]5CC[C@@H](C4)N5C(=O)OC(C)(C)C)c3c3cn(C)nc23)c2c(C#C[Si](C(C)C)(C(C)C)C(C)C)c(F)ccc2c1. The van der Waals surface area contributed by atoms with Gasteiger partial charge in [0.1, 0.15) is 49.4 Å². The number of alkyl halides is 1. The molecule has 4 aliphatic rings. The minimum absolute atomic E-state index is 0.0172. The molecule has 0 spiro atoms. The maximum absolute atomic E-state index is 16.7. The molecule has 1 amide bonds. The van der Waals surface area contributed by atoms with E-state index in [0.29, 0.717) is 87.4 Å². The summed E-state index contributed by atoms with van der Waals surface area (Å²) in [6.45, 7) is 21.8. The highest BCUT2D eigenvalue weighted by atomic mass is 28.3. The van der Waals surface area contributed by atoms with E-state index < -0.39 is 31.2 Å². The van der Waals surface area contributed by atoms with Crippen molar-refractivity contribution in [3.8, 4) is 34.4 Å². The molecular weight excluding hydrogens is 869 g/mol. The first kappa shape index (κ1) is 47.0. The third-order valence-corrected chi connectivity index (χ3v) is 21.4. The smallest absolute Gasteiger partial charge is 0.410 e. The lowest BCUT2D eigenvalue weighted by Gasteiger charge is -2.42. The quantitative estimate of drug-likeness (QED) is 0.0722. The third-order valence-electron chi connectivity index (χ3n) is 15.1. The van der Waals surface area contributed by atoms with Crippen molar-refractivity contribution in [3.63, 3.8) is 0 Å². The number of carbonyl (C=O) groups is 1. The summed E-state index contributed by atoms with van der Waals surface area (Å²) in [5.74, 6) is 4.32. The number of aryl methyl sites for hydroxylation is 1. The summed E-state index contributed by atoms with van der Waals surface area (Å²) in [4.78, 5) is 30.4. The molecular formula is C52H67F2N7O5Si. The van der Waals surface area contributed by atoms with Crippen LogP contribution in [0, 0.1) is 17.3 Å². The van der Waals surface area contributed by atoms with Crippen LogP contribution in [-0.4, -0.2) is 120 Å². The van der Waals surface area contributed by atoms with Crippen LogP contribution >= 0.6 is 0 Å². The molecule has 0 saturated carbocycles. The largest absolute Gasteiger partial charge is 0.468 e. The topological polar surface area (TPSA) is 107 Å². The molecule has 5 aromatic rings. The van der Waals surface area contributed by atoms with Crippen LogP contribution in [-0.2, 0) is 16.5 Å². The van der Waals surface area contributed by atoms with E-state index in [-0.39, 0.29) is 37.6 Å². The second-order valence-electron chi connectivity index (χ2n) is 21.4. The molecule has 9 rings (SSSR count). The Hall–Kier alpha value is -5.04. The van der Waals surface area contributed by atoms with Gasteiger partial charge >= 0.3 is 12.1 Å². The van der Waals surface area contributed by atoms with Gasteiger partial charge in [-0.1, -0.05) is 53.5 Å². The Balaban J connectivity index is 1.26. The van der Waals surface area contributed by atoms with Crippen LogP contribution in [0.4, 0.5) is 19.4 Å². The fraction of sp³-hybridized carbons (Fsp3) is 0.577. The molecule has 4 aliphatic heterocycles. The fourth-order valence-corrected chi connectivity index (χ4v) is 17.5. The summed E-state index contributed by atoms with van der Waals surface area (Å²) in [5.41, 5.74) is 6.84. The number of hydrogen-bond donors (Lipinski definition) is 0. The molecule has 0 unspecified atom stereocenters. The van der Waals surface area contributed by atoms with E-state index in [9.17, 15) is 9.18 Å². The lowest BCUT2D eigenvalue weighted by molar-refractivity contribution is 0.0122. The zero-order chi connectivity index (χ0) is 47.7. The number of rotatable bonds is 11. The van der Waals surface area contributed by atoms with Crippen molar-refractivity contribution in [3.05, 3.63) is 47.9 Å². The second kappa shape index (κ2) is 17.8. The van der Waals surface area contributed by atoms with Gasteiger partial charge in [-0.3, -0.25) is 14.5 Å². The summed E-state index contributed by atoms with van der Waals surface area (Å²) >= 11 is 0. The standard InChI is InChI=1S/C52H67F2N7O5Si/c1-31(2)67(32(3)4,33(5)6)20-17-39-43(54)16-13-34-21-38(65-30-63-11)22-40(45(34)39)41-23-44-46(42-28-58(10)57-47(41)42)48(56-49(55-44)64-29-52-18-12-19-60(52)25-35(53)24-52)59-26-36-14-15-37(27-59)61(36)50(62)66-51(7,8)9/h13,16,21-23,28,31-33,35-37H,12,14-15,18-19,24-27,29-30H2,1-11H3/t35-,36-,37+,52+/m1/s1. The van der Waals surface area contributed by atoms with Crippen LogP contribution in [0.5, 0.6) is 11.8 Å². The van der Waals surface area contributed by atoms with Crippen LogP contribution in [0.3, 0.4) is 0 Å². The molecule has 15 heteroatoms. The van der Waals surface area contributed by atoms with E-state index in [1.54, 1.807) is 17.9 Å². The zero-order valence-electron chi connectivity index (χ0n) is 41.1. The summed E-state index contributed by atoms with van der Waals surface area (Å²) in [5, 5.41) is 8.13. The molecule has 2 aromatic heterocycles. The highest BCUT2D eigenvalue weighted by Gasteiger charge is 2.50. The molecule has 3 aromatic carbocycles. The van der Waals surface area contributed by atoms with Gasteiger partial charge in [0.2, 0.25) is 0 Å². The number of piperazine rings is 1. The number of halogens is 2. The van der Waals surface area contributed by atoms with Crippen LogP contribution in [0.15, 0.2) is 36.5 Å². The Bertz CT molecular complexity index is 2740. The third kappa shape index (κ3) is 8.49. The van der Waals surface area contributed by atoms with Gasteiger partial charge in [0.15, 0.2) is 6.79 Å². The van der Waals surface area contributed by atoms with Crippen LogP contribution < -0.4 is 14.4 Å². The Labute approximate surface area is 394 Å². The zero-order valence-corrected chi connectivity index (χ0v) is 42.1. The number of methoxy groups -OCH3 is 1. The van der Waals surface area contributed by atoms with Gasteiger partial charge in [-0.15, -0.1) is 5.54 Å². The first-order chi connectivity index (χ1) is 31.8. The number of benzene rings is 3. The normalized spacial score (nSPS) is 22.2. The lowest BCUT2D eigenvalue weighted by Crippen LogP contribution is -2.57. The monoisotopic (exact) mass is 935 g/mol. The molecule has 0 N–H and O–H groups in total. The molecule has 0 aliphatic carbocycles. The number of carbonyl (C=O) groups excluding carboxylic acids is 1. The highest BCUT2D eigenvalue weighted by molar-refractivity contribution is 6.90. The molecule has 0 radical (unpaired) electrons. The number of amides is 1. The molecule has 4 saturated heterocycles. The van der Waals surface area contributed by atoms with E-state index >= 15 is 4.39 Å². The van der Waals surface area contributed by atoms with Gasteiger partial charge in [-0.25, -0.2) is 13.6 Å². The molecule has 12 nitrogen and oxygen atoms in total.